The SMILES string of the molecule is Fc1ccc(Br)c(CNc2nnc3ccccc3n2)c1. The van der Waals surface area contributed by atoms with Gasteiger partial charge in [-0.3, -0.25) is 0 Å². The third kappa shape index (κ3) is 2.75. The Kier molecular flexibility index (Phi) is 3.56. The predicted molar refractivity (Wildman–Crippen MR) is 78.8 cm³/mol. The molecular formula is C14H10BrFN4. The fourth-order valence-electron chi connectivity index (χ4n) is 1.81. The number of nitrogens with one attached hydrogen (secondary N) is 1. The van der Waals surface area contributed by atoms with Crippen LogP contribution in [-0.4, -0.2) is 15.2 Å². The Morgan fingerprint density at radius 3 is 2.70 bits per heavy atom. The summed E-state index contributed by atoms with van der Waals surface area (Å²) in [5.74, 6) is 0.141. The van der Waals surface area contributed by atoms with Crippen LogP contribution in [0.25, 0.3) is 11.0 Å². The average molecular weight is 333 g/mol. The molecule has 0 aliphatic rings. The topological polar surface area (TPSA) is 50.7 Å². The van der Waals surface area contributed by atoms with E-state index in [9.17, 15) is 4.39 Å². The highest BCUT2D eigenvalue weighted by Crippen LogP contribution is 2.18. The second-order valence-corrected chi connectivity index (χ2v) is 5.07. The van der Waals surface area contributed by atoms with E-state index in [0.29, 0.717) is 12.5 Å². The number of hydrogen-bond donors (Lipinski definition) is 1. The van der Waals surface area contributed by atoms with Crippen molar-refractivity contribution in [1.82, 2.24) is 15.2 Å². The van der Waals surface area contributed by atoms with E-state index >= 15 is 0 Å². The molecule has 4 nitrogen and oxygen atoms in total. The van der Waals surface area contributed by atoms with Crippen LogP contribution < -0.4 is 5.32 Å². The summed E-state index contributed by atoms with van der Waals surface area (Å²) in [6, 6.07) is 12.0. The Morgan fingerprint density at radius 2 is 1.85 bits per heavy atom. The summed E-state index contributed by atoms with van der Waals surface area (Å²) in [7, 11) is 0. The average Bonchev–Trinajstić information content (AvgIpc) is 2.48. The molecule has 0 amide bonds. The predicted octanol–water partition coefficient (Wildman–Crippen LogP) is 3.54. The van der Waals surface area contributed by atoms with Gasteiger partial charge >= 0.3 is 0 Å². The molecule has 100 valence electrons. The Bertz CT molecular complexity index is 763. The van der Waals surface area contributed by atoms with Gasteiger partial charge in [-0.1, -0.05) is 28.1 Å². The van der Waals surface area contributed by atoms with Gasteiger partial charge in [0.05, 0.1) is 5.52 Å². The molecular weight excluding hydrogens is 323 g/mol. The summed E-state index contributed by atoms with van der Waals surface area (Å²) in [5, 5.41) is 11.1. The summed E-state index contributed by atoms with van der Waals surface area (Å²) in [6.07, 6.45) is 0. The van der Waals surface area contributed by atoms with E-state index in [1.54, 1.807) is 6.07 Å². The molecule has 0 unspecified atom stereocenters. The Hall–Kier alpha value is -2.08. The van der Waals surface area contributed by atoms with Gasteiger partial charge in [0.1, 0.15) is 11.3 Å². The van der Waals surface area contributed by atoms with Crippen molar-refractivity contribution in [3.63, 3.8) is 0 Å². The monoisotopic (exact) mass is 332 g/mol. The van der Waals surface area contributed by atoms with Crippen LogP contribution in [0.1, 0.15) is 5.56 Å². The van der Waals surface area contributed by atoms with Crippen molar-refractivity contribution in [2.75, 3.05) is 5.32 Å². The number of nitrogens with zero attached hydrogens (tertiary/aromatic N) is 3. The summed E-state index contributed by atoms with van der Waals surface area (Å²) in [4.78, 5) is 4.35. The lowest BCUT2D eigenvalue weighted by Crippen LogP contribution is -2.05. The van der Waals surface area contributed by atoms with Crippen molar-refractivity contribution in [2.24, 2.45) is 0 Å². The molecule has 0 saturated heterocycles. The van der Waals surface area contributed by atoms with Gasteiger partial charge in [0, 0.05) is 11.0 Å². The fourth-order valence-corrected chi connectivity index (χ4v) is 2.20. The van der Waals surface area contributed by atoms with E-state index in [1.165, 1.54) is 12.1 Å². The van der Waals surface area contributed by atoms with Crippen LogP contribution in [0.3, 0.4) is 0 Å². The van der Waals surface area contributed by atoms with Gasteiger partial charge in [0.15, 0.2) is 0 Å². The first-order chi connectivity index (χ1) is 9.72. The number of fused-ring (bicyclic) bond motifs is 1. The van der Waals surface area contributed by atoms with Crippen molar-refractivity contribution in [1.29, 1.82) is 0 Å². The fraction of sp³-hybridized carbons (Fsp3) is 0.0714. The van der Waals surface area contributed by atoms with E-state index in [0.717, 1.165) is 21.1 Å². The minimum Gasteiger partial charge on any atom is -0.349 e. The van der Waals surface area contributed by atoms with Gasteiger partial charge in [-0.2, -0.15) is 0 Å². The maximum atomic E-state index is 13.2. The van der Waals surface area contributed by atoms with Crippen LogP contribution in [0.15, 0.2) is 46.9 Å². The molecule has 0 aliphatic heterocycles. The van der Waals surface area contributed by atoms with Crippen molar-refractivity contribution in [3.8, 4) is 0 Å². The van der Waals surface area contributed by atoms with Crippen LogP contribution in [0.5, 0.6) is 0 Å². The maximum Gasteiger partial charge on any atom is 0.243 e. The Morgan fingerprint density at radius 1 is 1.05 bits per heavy atom. The summed E-state index contributed by atoms with van der Waals surface area (Å²) in [5.41, 5.74) is 2.30. The van der Waals surface area contributed by atoms with Crippen LogP contribution in [-0.2, 0) is 6.54 Å². The van der Waals surface area contributed by atoms with Crippen molar-refractivity contribution >= 4 is 32.9 Å². The minimum atomic E-state index is -0.275. The first kappa shape index (κ1) is 12.9. The molecule has 1 heterocycles. The van der Waals surface area contributed by atoms with E-state index in [1.807, 2.05) is 24.3 Å². The van der Waals surface area contributed by atoms with Gasteiger partial charge in [0.2, 0.25) is 5.95 Å². The highest BCUT2D eigenvalue weighted by atomic mass is 79.9. The Balaban J connectivity index is 1.81. The number of hydrogen-bond acceptors (Lipinski definition) is 4. The normalized spacial score (nSPS) is 10.7. The van der Waals surface area contributed by atoms with E-state index in [-0.39, 0.29) is 5.82 Å². The minimum absolute atomic E-state index is 0.275. The molecule has 0 bridgehead atoms. The molecule has 0 saturated carbocycles. The highest BCUT2D eigenvalue weighted by molar-refractivity contribution is 9.10. The molecule has 1 N–H and O–H groups in total. The van der Waals surface area contributed by atoms with Crippen LogP contribution in [0, 0.1) is 5.82 Å². The third-order valence-electron chi connectivity index (χ3n) is 2.81. The van der Waals surface area contributed by atoms with Crippen molar-refractivity contribution < 1.29 is 4.39 Å². The summed E-state index contributed by atoms with van der Waals surface area (Å²) >= 11 is 3.38. The summed E-state index contributed by atoms with van der Waals surface area (Å²) < 4.78 is 14.0. The van der Waals surface area contributed by atoms with Crippen LogP contribution >= 0.6 is 15.9 Å². The standard InChI is InChI=1S/C14H10BrFN4/c15-11-6-5-10(16)7-9(11)8-17-14-18-12-3-1-2-4-13(12)19-20-14/h1-7H,8H2,(H,17,18,20). The lowest BCUT2D eigenvalue weighted by atomic mass is 10.2. The van der Waals surface area contributed by atoms with Gasteiger partial charge in [-0.15, -0.1) is 10.2 Å². The molecule has 0 fully saturated rings. The number of aromatic nitrogens is 3. The van der Waals surface area contributed by atoms with E-state index in [4.69, 9.17) is 0 Å². The molecule has 3 aromatic rings. The number of para-hydroxylation sites is 1. The quantitative estimate of drug-likeness (QED) is 0.797. The van der Waals surface area contributed by atoms with Crippen LogP contribution in [0.4, 0.5) is 10.3 Å². The van der Waals surface area contributed by atoms with Crippen LogP contribution in [0.2, 0.25) is 0 Å². The molecule has 6 heteroatoms. The molecule has 0 spiro atoms. The summed E-state index contributed by atoms with van der Waals surface area (Å²) in [6.45, 7) is 0.415. The molecule has 20 heavy (non-hydrogen) atoms. The number of anilines is 1. The first-order valence-electron chi connectivity index (χ1n) is 5.99. The zero-order valence-corrected chi connectivity index (χ0v) is 11.9. The third-order valence-corrected chi connectivity index (χ3v) is 3.58. The largest absolute Gasteiger partial charge is 0.349 e. The van der Waals surface area contributed by atoms with Gasteiger partial charge in [-0.05, 0) is 35.9 Å². The maximum absolute atomic E-state index is 13.2. The lowest BCUT2D eigenvalue weighted by molar-refractivity contribution is 0.625. The number of rotatable bonds is 3. The molecule has 1 aromatic heterocycles. The van der Waals surface area contributed by atoms with Gasteiger partial charge in [-0.25, -0.2) is 9.37 Å². The van der Waals surface area contributed by atoms with E-state index < -0.39 is 0 Å². The van der Waals surface area contributed by atoms with Gasteiger partial charge in [0.25, 0.3) is 0 Å². The number of benzene rings is 2. The molecule has 0 aliphatic carbocycles. The van der Waals surface area contributed by atoms with Crippen molar-refractivity contribution in [3.05, 3.63) is 58.3 Å². The molecule has 0 atom stereocenters. The van der Waals surface area contributed by atoms with E-state index in [2.05, 4.69) is 36.4 Å². The molecule has 3 rings (SSSR count). The smallest absolute Gasteiger partial charge is 0.243 e. The Labute approximate surface area is 123 Å². The first-order valence-corrected chi connectivity index (χ1v) is 6.79. The molecule has 2 aromatic carbocycles. The second-order valence-electron chi connectivity index (χ2n) is 4.21. The lowest BCUT2D eigenvalue weighted by Gasteiger charge is -2.07. The van der Waals surface area contributed by atoms with Crippen molar-refractivity contribution in [2.45, 2.75) is 6.54 Å². The molecule has 0 radical (unpaired) electrons. The highest BCUT2D eigenvalue weighted by Gasteiger charge is 2.04. The zero-order chi connectivity index (χ0) is 13.9. The van der Waals surface area contributed by atoms with Gasteiger partial charge < -0.3 is 5.32 Å². The second kappa shape index (κ2) is 5.50. The number of halogens is 2. The zero-order valence-electron chi connectivity index (χ0n) is 10.3.